The Hall–Kier alpha value is -1.06. The maximum Gasteiger partial charge on any atom is 0.229 e. The maximum atomic E-state index is 11.9. The van der Waals surface area contributed by atoms with Gasteiger partial charge >= 0.3 is 0 Å². The van der Waals surface area contributed by atoms with Crippen molar-refractivity contribution in [1.29, 1.82) is 0 Å². The summed E-state index contributed by atoms with van der Waals surface area (Å²) in [5.41, 5.74) is 6.28. The van der Waals surface area contributed by atoms with E-state index in [9.17, 15) is 4.79 Å². The number of anilines is 1. The summed E-state index contributed by atoms with van der Waals surface area (Å²) in [6, 6.07) is 7.08. The van der Waals surface area contributed by atoms with Crippen LogP contribution in [-0.4, -0.2) is 12.5 Å². The Morgan fingerprint density at radius 3 is 2.69 bits per heavy atom. The Kier molecular flexibility index (Phi) is 4.77. The van der Waals surface area contributed by atoms with Gasteiger partial charge in [-0.05, 0) is 24.1 Å². The van der Waals surface area contributed by atoms with E-state index in [0.29, 0.717) is 17.3 Å². The van der Waals surface area contributed by atoms with Crippen LogP contribution in [0.4, 0.5) is 5.69 Å². The van der Waals surface area contributed by atoms with Gasteiger partial charge in [0.15, 0.2) is 0 Å². The number of halogens is 1. The topological polar surface area (TPSA) is 55.1 Å². The maximum absolute atomic E-state index is 11.9. The molecule has 0 aromatic heterocycles. The molecule has 0 spiro atoms. The molecule has 16 heavy (non-hydrogen) atoms. The summed E-state index contributed by atoms with van der Waals surface area (Å²) in [6.45, 7) is 4.31. The first-order chi connectivity index (χ1) is 7.54. The first-order valence-electron chi connectivity index (χ1n) is 5.31. The highest BCUT2D eigenvalue weighted by Gasteiger charge is 2.20. The molecule has 0 aliphatic heterocycles. The van der Waals surface area contributed by atoms with Gasteiger partial charge in [-0.15, -0.1) is 0 Å². The summed E-state index contributed by atoms with van der Waals surface area (Å²) in [4.78, 5) is 11.9. The Labute approximate surface area is 101 Å². The van der Waals surface area contributed by atoms with Crippen LogP contribution >= 0.6 is 11.6 Å². The molecule has 1 aromatic carbocycles. The predicted molar refractivity (Wildman–Crippen MR) is 67.5 cm³/mol. The molecule has 0 bridgehead atoms. The molecule has 88 valence electrons. The van der Waals surface area contributed by atoms with Crippen molar-refractivity contribution in [3.05, 3.63) is 29.3 Å². The SMILES string of the molecule is CC(C)C(CN)C(=O)Nc1cccc(Cl)c1. The second-order valence-electron chi connectivity index (χ2n) is 4.09. The van der Waals surface area contributed by atoms with Crippen LogP contribution in [0.25, 0.3) is 0 Å². The molecule has 4 heteroatoms. The molecule has 0 saturated heterocycles. The van der Waals surface area contributed by atoms with Gasteiger partial charge in [-0.25, -0.2) is 0 Å². The minimum atomic E-state index is -0.168. The van der Waals surface area contributed by atoms with E-state index >= 15 is 0 Å². The molecule has 0 aliphatic carbocycles. The molecule has 0 radical (unpaired) electrons. The number of carbonyl (C=O) groups excluding carboxylic acids is 1. The number of nitrogens with two attached hydrogens (primary N) is 1. The van der Waals surface area contributed by atoms with Crippen molar-refractivity contribution in [2.45, 2.75) is 13.8 Å². The normalized spacial score (nSPS) is 12.6. The molecule has 3 N–H and O–H groups in total. The Morgan fingerprint density at radius 2 is 2.19 bits per heavy atom. The lowest BCUT2D eigenvalue weighted by atomic mass is 9.95. The van der Waals surface area contributed by atoms with E-state index in [1.165, 1.54) is 0 Å². The second-order valence-corrected chi connectivity index (χ2v) is 4.52. The third-order valence-corrected chi connectivity index (χ3v) is 2.72. The number of benzene rings is 1. The highest BCUT2D eigenvalue weighted by Crippen LogP contribution is 2.17. The minimum Gasteiger partial charge on any atom is -0.330 e. The minimum absolute atomic E-state index is 0.0558. The summed E-state index contributed by atoms with van der Waals surface area (Å²) < 4.78 is 0. The van der Waals surface area contributed by atoms with Crippen LogP contribution in [0.1, 0.15) is 13.8 Å². The summed E-state index contributed by atoms with van der Waals surface area (Å²) in [7, 11) is 0. The van der Waals surface area contributed by atoms with Gasteiger partial charge in [-0.3, -0.25) is 4.79 Å². The van der Waals surface area contributed by atoms with Gasteiger partial charge in [0.05, 0.1) is 5.92 Å². The lowest BCUT2D eigenvalue weighted by Gasteiger charge is -2.18. The third-order valence-electron chi connectivity index (χ3n) is 2.49. The molecule has 0 saturated carbocycles. The highest BCUT2D eigenvalue weighted by molar-refractivity contribution is 6.30. The fraction of sp³-hybridized carbons (Fsp3) is 0.417. The smallest absolute Gasteiger partial charge is 0.229 e. The predicted octanol–water partition coefficient (Wildman–Crippen LogP) is 2.51. The van der Waals surface area contributed by atoms with E-state index in [-0.39, 0.29) is 17.7 Å². The lowest BCUT2D eigenvalue weighted by molar-refractivity contribution is -0.120. The van der Waals surface area contributed by atoms with Gasteiger partial charge in [-0.2, -0.15) is 0 Å². The zero-order valence-corrected chi connectivity index (χ0v) is 10.3. The third kappa shape index (κ3) is 3.51. The molecule has 3 nitrogen and oxygen atoms in total. The van der Waals surface area contributed by atoms with Gasteiger partial charge in [0, 0.05) is 17.3 Å². The fourth-order valence-corrected chi connectivity index (χ4v) is 1.67. The number of nitrogens with one attached hydrogen (secondary N) is 1. The van der Waals surface area contributed by atoms with Gasteiger partial charge in [-0.1, -0.05) is 31.5 Å². The van der Waals surface area contributed by atoms with E-state index in [4.69, 9.17) is 17.3 Å². The largest absolute Gasteiger partial charge is 0.330 e. The standard InChI is InChI=1S/C12H17ClN2O/c1-8(2)11(7-14)12(16)15-10-5-3-4-9(13)6-10/h3-6,8,11H,7,14H2,1-2H3,(H,15,16). The van der Waals surface area contributed by atoms with Crippen molar-refractivity contribution in [2.24, 2.45) is 17.6 Å². The van der Waals surface area contributed by atoms with E-state index in [1.54, 1.807) is 24.3 Å². The molecular weight excluding hydrogens is 224 g/mol. The van der Waals surface area contributed by atoms with E-state index < -0.39 is 0 Å². The molecule has 0 heterocycles. The zero-order valence-electron chi connectivity index (χ0n) is 9.53. The van der Waals surface area contributed by atoms with Crippen LogP contribution in [-0.2, 0) is 4.79 Å². The summed E-state index contributed by atoms with van der Waals surface area (Å²) >= 11 is 5.83. The number of rotatable bonds is 4. The fourth-order valence-electron chi connectivity index (χ4n) is 1.48. The first kappa shape index (κ1) is 13.0. The lowest BCUT2D eigenvalue weighted by Crippen LogP contribution is -2.33. The van der Waals surface area contributed by atoms with Gasteiger partial charge in [0.1, 0.15) is 0 Å². The summed E-state index contributed by atoms with van der Waals surface area (Å²) in [5.74, 6) is 0.00272. The van der Waals surface area contributed by atoms with Crippen molar-refractivity contribution in [3.8, 4) is 0 Å². The van der Waals surface area contributed by atoms with Crippen LogP contribution in [0.5, 0.6) is 0 Å². The summed E-state index contributed by atoms with van der Waals surface area (Å²) in [6.07, 6.45) is 0. The van der Waals surface area contributed by atoms with Crippen LogP contribution in [0.3, 0.4) is 0 Å². The molecule has 1 amide bonds. The molecule has 0 aliphatic rings. The average molecular weight is 241 g/mol. The second kappa shape index (κ2) is 5.87. The van der Waals surface area contributed by atoms with Crippen molar-refractivity contribution >= 4 is 23.2 Å². The van der Waals surface area contributed by atoms with Crippen molar-refractivity contribution < 1.29 is 4.79 Å². The van der Waals surface area contributed by atoms with Crippen molar-refractivity contribution in [2.75, 3.05) is 11.9 Å². The van der Waals surface area contributed by atoms with Gasteiger partial charge in [0.25, 0.3) is 0 Å². The van der Waals surface area contributed by atoms with E-state index in [2.05, 4.69) is 5.32 Å². The van der Waals surface area contributed by atoms with Crippen molar-refractivity contribution in [3.63, 3.8) is 0 Å². The van der Waals surface area contributed by atoms with Crippen LogP contribution in [0, 0.1) is 11.8 Å². The Morgan fingerprint density at radius 1 is 1.50 bits per heavy atom. The molecular formula is C12H17ClN2O. The molecule has 1 rings (SSSR count). The number of hydrogen-bond donors (Lipinski definition) is 2. The quantitative estimate of drug-likeness (QED) is 0.850. The Balaban J connectivity index is 2.70. The van der Waals surface area contributed by atoms with Crippen LogP contribution in [0.2, 0.25) is 5.02 Å². The highest BCUT2D eigenvalue weighted by atomic mass is 35.5. The van der Waals surface area contributed by atoms with Crippen molar-refractivity contribution in [1.82, 2.24) is 0 Å². The number of amides is 1. The van der Waals surface area contributed by atoms with Gasteiger partial charge < -0.3 is 11.1 Å². The monoisotopic (exact) mass is 240 g/mol. The van der Waals surface area contributed by atoms with E-state index in [0.717, 1.165) is 0 Å². The number of carbonyl (C=O) groups is 1. The average Bonchev–Trinajstić information content (AvgIpc) is 2.17. The molecule has 1 aromatic rings. The number of hydrogen-bond acceptors (Lipinski definition) is 2. The molecule has 1 atom stereocenters. The first-order valence-corrected chi connectivity index (χ1v) is 5.69. The Bertz CT molecular complexity index is 366. The molecule has 1 unspecified atom stereocenters. The van der Waals surface area contributed by atoms with E-state index in [1.807, 2.05) is 13.8 Å². The van der Waals surface area contributed by atoms with Crippen LogP contribution < -0.4 is 11.1 Å². The zero-order chi connectivity index (χ0) is 12.1. The van der Waals surface area contributed by atoms with Crippen LogP contribution in [0.15, 0.2) is 24.3 Å². The molecule has 0 fully saturated rings. The van der Waals surface area contributed by atoms with Gasteiger partial charge in [0.2, 0.25) is 5.91 Å². The summed E-state index contributed by atoms with van der Waals surface area (Å²) in [5, 5.41) is 3.42.